The molecule has 1 aliphatic heterocycles. The first-order valence-corrected chi connectivity index (χ1v) is 7.73. The third-order valence-electron chi connectivity index (χ3n) is 4.05. The first-order chi connectivity index (χ1) is 8.81. The number of nitrogens with one attached hydrogen (secondary N) is 1. The Hall–Kier alpha value is -0.380. The van der Waals surface area contributed by atoms with E-state index >= 15 is 0 Å². The highest BCUT2D eigenvalue weighted by Gasteiger charge is 2.21. The van der Waals surface area contributed by atoms with Crippen LogP contribution in [0, 0.1) is 0 Å². The largest absolute Gasteiger partial charge is 0.377 e. The molecule has 18 heavy (non-hydrogen) atoms. The monoisotopic (exact) mass is 309 g/mol. The number of hydrogen-bond donors (Lipinski definition) is 1. The second-order valence-corrected chi connectivity index (χ2v) is 6.31. The number of fused-ring (bicyclic) bond motifs is 1. The minimum atomic E-state index is 0.455. The third kappa shape index (κ3) is 2.95. The van der Waals surface area contributed by atoms with Crippen LogP contribution in [0.3, 0.4) is 0 Å². The van der Waals surface area contributed by atoms with Crippen molar-refractivity contribution in [3.05, 3.63) is 33.8 Å². The normalized spacial score (nSPS) is 27.2. The van der Waals surface area contributed by atoms with E-state index in [1.165, 1.54) is 41.3 Å². The summed E-state index contributed by atoms with van der Waals surface area (Å²) >= 11 is 3.55. The van der Waals surface area contributed by atoms with Crippen molar-refractivity contribution in [1.29, 1.82) is 0 Å². The van der Waals surface area contributed by atoms with Crippen LogP contribution >= 0.6 is 15.9 Å². The lowest BCUT2D eigenvalue weighted by Crippen LogP contribution is -2.39. The maximum atomic E-state index is 5.66. The smallest absolute Gasteiger partial charge is 0.0700 e. The summed E-state index contributed by atoms with van der Waals surface area (Å²) in [7, 11) is 0. The first-order valence-electron chi connectivity index (χ1n) is 6.93. The van der Waals surface area contributed by atoms with Crippen LogP contribution in [0.15, 0.2) is 22.7 Å². The molecule has 2 nitrogen and oxygen atoms in total. The summed E-state index contributed by atoms with van der Waals surface area (Å²) < 4.78 is 6.86. The van der Waals surface area contributed by atoms with Crippen LogP contribution < -0.4 is 5.32 Å². The Morgan fingerprint density at radius 1 is 1.28 bits per heavy atom. The lowest BCUT2D eigenvalue weighted by Gasteiger charge is -2.26. The van der Waals surface area contributed by atoms with Crippen molar-refractivity contribution >= 4 is 15.9 Å². The van der Waals surface area contributed by atoms with Crippen molar-refractivity contribution in [3.8, 4) is 0 Å². The predicted octanol–water partition coefficient (Wildman–Crippen LogP) is 3.08. The van der Waals surface area contributed by atoms with E-state index in [0.29, 0.717) is 12.1 Å². The Kier molecular flexibility index (Phi) is 4.02. The molecule has 0 amide bonds. The zero-order valence-corrected chi connectivity index (χ0v) is 12.2. The van der Waals surface area contributed by atoms with Gasteiger partial charge in [0.25, 0.3) is 0 Å². The zero-order chi connectivity index (χ0) is 12.4. The van der Waals surface area contributed by atoms with Crippen LogP contribution in [0.25, 0.3) is 0 Å². The zero-order valence-electron chi connectivity index (χ0n) is 10.6. The standard InChI is InChI=1S/C15H20BrNO/c16-13-5-3-12-9-14(6-4-11(12)8-13)17-10-15-2-1-7-18-15/h3,5,8,14-15,17H,1-2,4,6-7,9-10H2. The summed E-state index contributed by atoms with van der Waals surface area (Å²) in [4.78, 5) is 0. The molecule has 2 unspecified atom stereocenters. The molecule has 3 rings (SSSR count). The van der Waals surface area contributed by atoms with Crippen molar-refractivity contribution in [2.75, 3.05) is 13.2 Å². The van der Waals surface area contributed by atoms with E-state index in [0.717, 1.165) is 19.6 Å². The van der Waals surface area contributed by atoms with Crippen molar-refractivity contribution in [2.24, 2.45) is 0 Å². The molecule has 1 aromatic carbocycles. The predicted molar refractivity (Wildman–Crippen MR) is 76.9 cm³/mol. The van der Waals surface area contributed by atoms with E-state index in [1.54, 1.807) is 0 Å². The average Bonchev–Trinajstić information content (AvgIpc) is 2.89. The molecule has 0 bridgehead atoms. The molecular weight excluding hydrogens is 290 g/mol. The number of ether oxygens (including phenoxy) is 1. The van der Waals surface area contributed by atoms with Gasteiger partial charge in [0.15, 0.2) is 0 Å². The minimum absolute atomic E-state index is 0.455. The maximum Gasteiger partial charge on any atom is 0.0700 e. The molecular formula is C15H20BrNO. The van der Waals surface area contributed by atoms with Crippen LogP contribution in [0.4, 0.5) is 0 Å². The van der Waals surface area contributed by atoms with Crippen LogP contribution in [-0.2, 0) is 17.6 Å². The van der Waals surface area contributed by atoms with Gasteiger partial charge in [-0.1, -0.05) is 22.0 Å². The van der Waals surface area contributed by atoms with Crippen LogP contribution in [0.1, 0.15) is 30.4 Å². The molecule has 1 N–H and O–H groups in total. The molecule has 1 saturated heterocycles. The van der Waals surface area contributed by atoms with E-state index in [1.807, 2.05) is 0 Å². The summed E-state index contributed by atoms with van der Waals surface area (Å²) in [5.41, 5.74) is 3.02. The van der Waals surface area contributed by atoms with E-state index in [2.05, 4.69) is 39.4 Å². The fourth-order valence-corrected chi connectivity index (χ4v) is 3.41. The van der Waals surface area contributed by atoms with Gasteiger partial charge in [0, 0.05) is 23.7 Å². The lowest BCUT2D eigenvalue weighted by molar-refractivity contribution is 0.107. The molecule has 0 spiro atoms. The molecule has 2 aliphatic rings. The van der Waals surface area contributed by atoms with Gasteiger partial charge in [0.2, 0.25) is 0 Å². The van der Waals surface area contributed by atoms with Gasteiger partial charge in [-0.2, -0.15) is 0 Å². The van der Waals surface area contributed by atoms with Crippen LogP contribution in [0.2, 0.25) is 0 Å². The number of rotatable bonds is 3. The average molecular weight is 310 g/mol. The van der Waals surface area contributed by atoms with Gasteiger partial charge in [-0.05, 0) is 55.4 Å². The van der Waals surface area contributed by atoms with E-state index < -0.39 is 0 Å². The number of aryl methyl sites for hydroxylation is 1. The number of hydrogen-bond acceptors (Lipinski definition) is 2. The van der Waals surface area contributed by atoms with Crippen LogP contribution in [0.5, 0.6) is 0 Å². The Morgan fingerprint density at radius 2 is 2.22 bits per heavy atom. The highest BCUT2D eigenvalue weighted by atomic mass is 79.9. The summed E-state index contributed by atoms with van der Waals surface area (Å²) in [6.07, 6.45) is 6.51. The van der Waals surface area contributed by atoms with Crippen molar-refractivity contribution in [1.82, 2.24) is 5.32 Å². The second-order valence-electron chi connectivity index (χ2n) is 5.40. The van der Waals surface area contributed by atoms with Crippen molar-refractivity contribution in [2.45, 2.75) is 44.2 Å². The summed E-state index contributed by atoms with van der Waals surface area (Å²) in [5.74, 6) is 0. The fourth-order valence-electron chi connectivity index (χ4n) is 3.00. The summed E-state index contributed by atoms with van der Waals surface area (Å²) in [5, 5.41) is 3.68. The van der Waals surface area contributed by atoms with Crippen molar-refractivity contribution in [3.63, 3.8) is 0 Å². The number of halogens is 1. The van der Waals surface area contributed by atoms with Gasteiger partial charge >= 0.3 is 0 Å². The van der Waals surface area contributed by atoms with Gasteiger partial charge in [0.1, 0.15) is 0 Å². The van der Waals surface area contributed by atoms with Crippen LogP contribution in [-0.4, -0.2) is 25.3 Å². The van der Waals surface area contributed by atoms with Gasteiger partial charge < -0.3 is 10.1 Å². The van der Waals surface area contributed by atoms with E-state index in [9.17, 15) is 0 Å². The molecule has 0 radical (unpaired) electrons. The Morgan fingerprint density at radius 3 is 3.06 bits per heavy atom. The molecule has 2 atom stereocenters. The third-order valence-corrected chi connectivity index (χ3v) is 4.55. The summed E-state index contributed by atoms with van der Waals surface area (Å²) in [6, 6.07) is 7.31. The topological polar surface area (TPSA) is 21.3 Å². The van der Waals surface area contributed by atoms with Gasteiger partial charge in [-0.15, -0.1) is 0 Å². The van der Waals surface area contributed by atoms with Gasteiger partial charge in [0.05, 0.1) is 6.10 Å². The highest BCUT2D eigenvalue weighted by Crippen LogP contribution is 2.25. The van der Waals surface area contributed by atoms with Gasteiger partial charge in [-0.25, -0.2) is 0 Å². The van der Waals surface area contributed by atoms with E-state index in [4.69, 9.17) is 4.74 Å². The SMILES string of the molecule is Brc1ccc2c(c1)CCC(NCC1CCCO1)C2. The highest BCUT2D eigenvalue weighted by molar-refractivity contribution is 9.10. The molecule has 0 aromatic heterocycles. The molecule has 0 saturated carbocycles. The Balaban J connectivity index is 1.55. The molecule has 1 fully saturated rings. The van der Waals surface area contributed by atoms with E-state index in [-0.39, 0.29) is 0 Å². The molecule has 3 heteroatoms. The minimum Gasteiger partial charge on any atom is -0.377 e. The van der Waals surface area contributed by atoms with Gasteiger partial charge in [-0.3, -0.25) is 0 Å². The Bertz CT molecular complexity index is 415. The Labute approximate surface area is 117 Å². The first kappa shape index (κ1) is 12.6. The molecule has 1 aliphatic carbocycles. The second kappa shape index (κ2) is 5.72. The molecule has 1 heterocycles. The molecule has 1 aromatic rings. The fraction of sp³-hybridized carbons (Fsp3) is 0.600. The number of benzene rings is 1. The van der Waals surface area contributed by atoms with Crippen molar-refractivity contribution < 1.29 is 4.74 Å². The molecule has 98 valence electrons. The maximum absolute atomic E-state index is 5.66. The summed E-state index contributed by atoms with van der Waals surface area (Å²) in [6.45, 7) is 1.98. The lowest BCUT2D eigenvalue weighted by atomic mass is 9.88. The quantitative estimate of drug-likeness (QED) is 0.926.